The van der Waals surface area contributed by atoms with Gasteiger partial charge in [-0.3, -0.25) is 0 Å². The Bertz CT molecular complexity index is 469. The molecule has 0 fully saturated rings. The van der Waals surface area contributed by atoms with Crippen LogP contribution in [-0.2, 0) is 9.84 Å². The van der Waals surface area contributed by atoms with Gasteiger partial charge in [-0.1, -0.05) is 13.0 Å². The number of hydrogen-bond acceptors (Lipinski definition) is 4. The molecule has 17 heavy (non-hydrogen) atoms. The van der Waals surface area contributed by atoms with Gasteiger partial charge in [0.05, 0.1) is 5.75 Å². The monoisotopic (exact) mass is 273 g/mol. The molecule has 0 bridgehead atoms. The molecule has 2 N–H and O–H groups in total. The van der Waals surface area contributed by atoms with Crippen LogP contribution in [-0.4, -0.2) is 25.7 Å². The predicted octanol–water partition coefficient (Wildman–Crippen LogP) is 2.49. The Morgan fingerprint density at radius 1 is 1.29 bits per heavy atom. The number of rotatable bonds is 6. The molecule has 1 aromatic rings. The first-order valence-corrected chi connectivity index (χ1v) is 8.44. The molecule has 0 radical (unpaired) electrons. The molecule has 0 spiro atoms. The third-order valence-electron chi connectivity index (χ3n) is 2.34. The average molecular weight is 273 g/mol. The van der Waals surface area contributed by atoms with Crippen LogP contribution in [0.1, 0.15) is 18.9 Å². The van der Waals surface area contributed by atoms with Gasteiger partial charge in [0.2, 0.25) is 0 Å². The molecule has 1 rings (SSSR count). The highest BCUT2D eigenvalue weighted by Gasteiger charge is 2.09. The molecule has 0 aliphatic heterocycles. The Morgan fingerprint density at radius 3 is 2.65 bits per heavy atom. The normalized spacial score (nSPS) is 11.6. The summed E-state index contributed by atoms with van der Waals surface area (Å²) < 4.78 is 23.1. The van der Waals surface area contributed by atoms with Gasteiger partial charge in [-0.15, -0.1) is 11.8 Å². The molecule has 0 aromatic heterocycles. The maximum Gasteiger partial charge on any atom is 0.151 e. The fourth-order valence-corrected chi connectivity index (χ4v) is 4.36. The van der Waals surface area contributed by atoms with E-state index in [4.69, 9.17) is 5.73 Å². The first kappa shape index (κ1) is 14.4. The lowest BCUT2D eigenvalue weighted by molar-refractivity contribution is 0.596. The molecule has 96 valence electrons. The number of sulfone groups is 1. The number of aryl methyl sites for hydroxylation is 1. The third kappa shape index (κ3) is 5.00. The summed E-state index contributed by atoms with van der Waals surface area (Å²) in [6.45, 7) is 3.88. The largest absolute Gasteiger partial charge is 0.398 e. The van der Waals surface area contributed by atoms with Gasteiger partial charge < -0.3 is 5.73 Å². The van der Waals surface area contributed by atoms with Crippen LogP contribution in [0.5, 0.6) is 0 Å². The molecular weight excluding hydrogens is 254 g/mol. The molecule has 0 atom stereocenters. The maximum atomic E-state index is 11.5. The van der Waals surface area contributed by atoms with Crippen LogP contribution in [0.15, 0.2) is 23.1 Å². The van der Waals surface area contributed by atoms with E-state index in [-0.39, 0.29) is 11.5 Å². The van der Waals surface area contributed by atoms with E-state index in [1.54, 1.807) is 0 Å². The predicted molar refractivity (Wildman–Crippen MR) is 75.3 cm³/mol. The topological polar surface area (TPSA) is 60.2 Å². The van der Waals surface area contributed by atoms with Crippen molar-refractivity contribution in [2.45, 2.75) is 25.2 Å². The smallest absolute Gasteiger partial charge is 0.151 e. The lowest BCUT2D eigenvalue weighted by Gasteiger charge is -2.06. The summed E-state index contributed by atoms with van der Waals surface area (Å²) in [4.78, 5) is 0.969. The van der Waals surface area contributed by atoms with E-state index >= 15 is 0 Å². The molecule has 0 aliphatic rings. The van der Waals surface area contributed by atoms with E-state index in [9.17, 15) is 8.42 Å². The van der Waals surface area contributed by atoms with Crippen molar-refractivity contribution in [3.63, 3.8) is 0 Å². The van der Waals surface area contributed by atoms with Gasteiger partial charge in [-0.25, -0.2) is 8.42 Å². The summed E-state index contributed by atoms with van der Waals surface area (Å²) in [7, 11) is -2.89. The van der Waals surface area contributed by atoms with Gasteiger partial charge in [-0.2, -0.15) is 0 Å². The second-order valence-corrected chi connectivity index (χ2v) is 7.48. The van der Waals surface area contributed by atoms with Gasteiger partial charge in [0.25, 0.3) is 0 Å². The Hall–Kier alpha value is -0.680. The van der Waals surface area contributed by atoms with Crippen LogP contribution in [0.4, 0.5) is 5.69 Å². The molecule has 0 unspecified atom stereocenters. The molecular formula is C12H19NO2S2. The molecule has 0 amide bonds. The van der Waals surface area contributed by atoms with Crippen LogP contribution in [0.3, 0.4) is 0 Å². The van der Waals surface area contributed by atoms with E-state index in [0.717, 1.165) is 10.5 Å². The summed E-state index contributed by atoms with van der Waals surface area (Å²) >= 11 is 1.51. The minimum absolute atomic E-state index is 0.221. The summed E-state index contributed by atoms with van der Waals surface area (Å²) in [5, 5.41) is 0. The number of nitrogens with two attached hydrogens (primary N) is 1. The van der Waals surface area contributed by atoms with Crippen LogP contribution in [0.25, 0.3) is 0 Å². The van der Waals surface area contributed by atoms with E-state index in [0.29, 0.717) is 17.9 Å². The van der Waals surface area contributed by atoms with Crippen molar-refractivity contribution in [1.82, 2.24) is 0 Å². The molecule has 1 aromatic carbocycles. The van der Waals surface area contributed by atoms with Crippen LogP contribution in [0.2, 0.25) is 0 Å². The molecule has 0 saturated carbocycles. The lowest BCUT2D eigenvalue weighted by Crippen LogP contribution is -2.12. The Morgan fingerprint density at radius 2 is 2.00 bits per heavy atom. The van der Waals surface area contributed by atoms with Gasteiger partial charge >= 0.3 is 0 Å². The summed E-state index contributed by atoms with van der Waals surface area (Å²) in [6.07, 6.45) is 0.680. The van der Waals surface area contributed by atoms with E-state index in [1.165, 1.54) is 11.8 Å². The van der Waals surface area contributed by atoms with Gasteiger partial charge in [0.15, 0.2) is 9.84 Å². The van der Waals surface area contributed by atoms with Crippen molar-refractivity contribution in [2.24, 2.45) is 0 Å². The van der Waals surface area contributed by atoms with Crippen molar-refractivity contribution in [1.29, 1.82) is 0 Å². The van der Waals surface area contributed by atoms with E-state index < -0.39 is 9.84 Å². The highest BCUT2D eigenvalue weighted by Crippen LogP contribution is 2.26. The summed E-state index contributed by atoms with van der Waals surface area (Å²) in [5.41, 5.74) is 7.68. The SMILES string of the molecule is CCCS(=O)(=O)CCSc1cc(C)ccc1N. The van der Waals surface area contributed by atoms with Crippen molar-refractivity contribution < 1.29 is 8.42 Å². The van der Waals surface area contributed by atoms with E-state index in [1.807, 2.05) is 32.0 Å². The van der Waals surface area contributed by atoms with E-state index in [2.05, 4.69) is 0 Å². The highest BCUT2D eigenvalue weighted by atomic mass is 32.2. The lowest BCUT2D eigenvalue weighted by atomic mass is 10.2. The average Bonchev–Trinajstić information content (AvgIpc) is 2.23. The van der Waals surface area contributed by atoms with Crippen molar-refractivity contribution in [2.75, 3.05) is 23.0 Å². The number of nitrogen functional groups attached to an aromatic ring is 1. The molecule has 0 aliphatic carbocycles. The second kappa shape index (κ2) is 6.31. The Balaban J connectivity index is 2.54. The standard InChI is InChI=1S/C12H19NO2S2/c1-3-7-17(14,15)8-6-16-12-9-10(2)4-5-11(12)13/h4-5,9H,3,6-8,13H2,1-2H3. The molecule has 0 saturated heterocycles. The quantitative estimate of drug-likeness (QED) is 0.639. The fraction of sp³-hybridized carbons (Fsp3) is 0.500. The van der Waals surface area contributed by atoms with Crippen molar-refractivity contribution >= 4 is 27.3 Å². The highest BCUT2D eigenvalue weighted by molar-refractivity contribution is 8.00. The Kier molecular flexibility index (Phi) is 5.33. The molecule has 0 heterocycles. The van der Waals surface area contributed by atoms with Crippen LogP contribution < -0.4 is 5.73 Å². The Labute approximate surface area is 108 Å². The minimum Gasteiger partial charge on any atom is -0.398 e. The second-order valence-electron chi connectivity index (χ2n) is 4.04. The van der Waals surface area contributed by atoms with Gasteiger partial charge in [-0.05, 0) is 31.0 Å². The zero-order valence-electron chi connectivity index (χ0n) is 10.3. The van der Waals surface area contributed by atoms with Crippen molar-refractivity contribution in [3.8, 4) is 0 Å². The first-order valence-electron chi connectivity index (χ1n) is 5.64. The van der Waals surface area contributed by atoms with Gasteiger partial charge in [0, 0.05) is 22.1 Å². The maximum absolute atomic E-state index is 11.5. The zero-order valence-corrected chi connectivity index (χ0v) is 11.9. The van der Waals surface area contributed by atoms with Crippen molar-refractivity contribution in [3.05, 3.63) is 23.8 Å². The van der Waals surface area contributed by atoms with Crippen LogP contribution >= 0.6 is 11.8 Å². The molecule has 3 nitrogen and oxygen atoms in total. The number of anilines is 1. The first-order chi connectivity index (χ1) is 7.94. The number of hydrogen-bond donors (Lipinski definition) is 1. The zero-order chi connectivity index (χ0) is 12.9. The summed E-state index contributed by atoms with van der Waals surface area (Å²) in [6, 6.07) is 5.80. The third-order valence-corrected chi connectivity index (χ3v) is 5.52. The minimum atomic E-state index is -2.89. The fourth-order valence-electron chi connectivity index (χ4n) is 1.46. The van der Waals surface area contributed by atoms with Gasteiger partial charge in [0.1, 0.15) is 0 Å². The number of benzene rings is 1. The summed E-state index contributed by atoms with van der Waals surface area (Å²) in [5.74, 6) is 1.06. The van der Waals surface area contributed by atoms with Crippen LogP contribution in [0, 0.1) is 6.92 Å². The molecule has 5 heteroatoms. The number of thioether (sulfide) groups is 1.